The molecule has 0 amide bonds. The monoisotopic (exact) mass is 243 g/mol. The highest BCUT2D eigenvalue weighted by Crippen LogP contribution is 2.10. The fourth-order valence-corrected chi connectivity index (χ4v) is 2.39. The predicted octanol–water partition coefficient (Wildman–Crippen LogP) is 0.0620. The maximum Gasteiger partial charge on any atom is 0.320 e. The molecule has 1 fully saturated rings. The van der Waals surface area contributed by atoms with Crippen LogP contribution in [0.1, 0.15) is 20.3 Å². The Morgan fingerprint density at radius 3 is 2.29 bits per heavy atom. The average molecular weight is 243 g/mol. The quantitative estimate of drug-likeness (QED) is 0.690. The second-order valence-corrected chi connectivity index (χ2v) is 5.16. The van der Waals surface area contributed by atoms with Crippen molar-refractivity contribution in [2.24, 2.45) is 11.7 Å². The second kappa shape index (κ2) is 6.93. The molecule has 17 heavy (non-hydrogen) atoms. The van der Waals surface area contributed by atoms with Gasteiger partial charge in [0.2, 0.25) is 0 Å². The highest BCUT2D eigenvalue weighted by molar-refractivity contribution is 5.73. The van der Waals surface area contributed by atoms with Crippen LogP contribution in [0, 0.1) is 5.92 Å². The van der Waals surface area contributed by atoms with Gasteiger partial charge in [-0.25, -0.2) is 0 Å². The number of carboxylic acid groups (broad SMARTS) is 1. The van der Waals surface area contributed by atoms with E-state index in [2.05, 4.69) is 18.7 Å². The number of hydrogen-bond donors (Lipinski definition) is 2. The molecule has 100 valence electrons. The predicted molar refractivity (Wildman–Crippen MR) is 67.9 cm³/mol. The smallest absolute Gasteiger partial charge is 0.320 e. The molecule has 0 radical (unpaired) electrons. The number of piperazine rings is 1. The number of carbonyl (C=O) groups is 1. The molecule has 5 heteroatoms. The highest BCUT2D eigenvalue weighted by Gasteiger charge is 2.28. The first-order valence-corrected chi connectivity index (χ1v) is 6.44. The van der Waals surface area contributed by atoms with E-state index in [4.69, 9.17) is 10.8 Å². The van der Waals surface area contributed by atoms with Crippen LogP contribution in [0.2, 0.25) is 0 Å². The molecule has 3 N–H and O–H groups in total. The highest BCUT2D eigenvalue weighted by atomic mass is 16.4. The zero-order chi connectivity index (χ0) is 12.8. The zero-order valence-corrected chi connectivity index (χ0v) is 10.9. The molecule has 1 rings (SSSR count). The molecule has 0 bridgehead atoms. The first kappa shape index (κ1) is 14.4. The molecule has 0 aromatic heterocycles. The number of carboxylic acids is 1. The number of nitrogens with two attached hydrogens (primary N) is 1. The molecule has 0 aromatic rings. The van der Waals surface area contributed by atoms with Gasteiger partial charge in [0, 0.05) is 32.7 Å². The number of aliphatic carboxylic acids is 1. The van der Waals surface area contributed by atoms with Gasteiger partial charge in [0.15, 0.2) is 0 Å². The van der Waals surface area contributed by atoms with Crippen molar-refractivity contribution >= 4 is 5.97 Å². The van der Waals surface area contributed by atoms with Crippen molar-refractivity contribution in [3.8, 4) is 0 Å². The average Bonchev–Trinajstić information content (AvgIpc) is 2.26. The van der Waals surface area contributed by atoms with E-state index in [0.717, 1.165) is 32.7 Å². The lowest BCUT2D eigenvalue weighted by atomic mass is 10.1. The van der Waals surface area contributed by atoms with Crippen LogP contribution in [0.25, 0.3) is 0 Å². The Balaban J connectivity index is 2.41. The molecule has 1 aliphatic rings. The van der Waals surface area contributed by atoms with Gasteiger partial charge in [0.05, 0.1) is 0 Å². The van der Waals surface area contributed by atoms with Crippen LogP contribution in [-0.4, -0.2) is 66.2 Å². The van der Waals surface area contributed by atoms with Gasteiger partial charge in [0.25, 0.3) is 0 Å². The van der Waals surface area contributed by atoms with Gasteiger partial charge in [-0.05, 0) is 18.9 Å². The van der Waals surface area contributed by atoms with Crippen molar-refractivity contribution < 1.29 is 9.90 Å². The summed E-state index contributed by atoms with van der Waals surface area (Å²) >= 11 is 0. The molecule has 0 spiro atoms. The molecule has 0 saturated carbocycles. The lowest BCUT2D eigenvalue weighted by molar-refractivity contribution is -0.144. The van der Waals surface area contributed by atoms with E-state index in [1.807, 2.05) is 4.90 Å². The van der Waals surface area contributed by atoms with E-state index in [9.17, 15) is 4.79 Å². The lowest BCUT2D eigenvalue weighted by Crippen LogP contribution is -2.53. The third-order valence-corrected chi connectivity index (χ3v) is 3.20. The van der Waals surface area contributed by atoms with Crippen molar-refractivity contribution in [3.63, 3.8) is 0 Å². The zero-order valence-electron chi connectivity index (χ0n) is 10.9. The van der Waals surface area contributed by atoms with Crippen molar-refractivity contribution in [2.45, 2.75) is 26.3 Å². The Morgan fingerprint density at radius 1 is 1.29 bits per heavy atom. The third kappa shape index (κ3) is 4.61. The Morgan fingerprint density at radius 2 is 1.88 bits per heavy atom. The minimum atomic E-state index is -0.743. The molecule has 1 aliphatic heterocycles. The molecule has 0 aliphatic carbocycles. The Kier molecular flexibility index (Phi) is 5.88. The summed E-state index contributed by atoms with van der Waals surface area (Å²) in [4.78, 5) is 15.6. The van der Waals surface area contributed by atoms with E-state index in [1.54, 1.807) is 0 Å². The number of nitrogens with zero attached hydrogens (tertiary/aromatic N) is 2. The summed E-state index contributed by atoms with van der Waals surface area (Å²) in [5.74, 6) is -0.0753. The Hall–Kier alpha value is -0.650. The first-order chi connectivity index (χ1) is 8.04. The SMILES string of the molecule is CC(C)CN1CCN(C(CCN)C(=O)O)CC1. The van der Waals surface area contributed by atoms with E-state index in [0.29, 0.717) is 18.9 Å². The maximum atomic E-state index is 11.1. The first-order valence-electron chi connectivity index (χ1n) is 6.44. The van der Waals surface area contributed by atoms with E-state index in [1.165, 1.54) is 0 Å². The minimum absolute atomic E-state index is 0.402. The standard InChI is InChI=1S/C12H25N3O2/c1-10(2)9-14-5-7-15(8-6-14)11(3-4-13)12(16)17/h10-11H,3-9,13H2,1-2H3,(H,16,17). The third-order valence-electron chi connectivity index (χ3n) is 3.20. The Labute approximate surface area is 104 Å². The van der Waals surface area contributed by atoms with Crippen LogP contribution < -0.4 is 5.73 Å². The van der Waals surface area contributed by atoms with Crippen molar-refractivity contribution in [1.29, 1.82) is 0 Å². The second-order valence-electron chi connectivity index (χ2n) is 5.16. The van der Waals surface area contributed by atoms with Gasteiger partial charge in [-0.3, -0.25) is 9.69 Å². The van der Waals surface area contributed by atoms with Crippen LogP contribution in [0.15, 0.2) is 0 Å². The molecular weight excluding hydrogens is 218 g/mol. The van der Waals surface area contributed by atoms with Gasteiger partial charge in [-0.1, -0.05) is 13.8 Å². The summed E-state index contributed by atoms with van der Waals surface area (Å²) in [6.45, 7) is 9.56. The summed E-state index contributed by atoms with van der Waals surface area (Å²) in [6.07, 6.45) is 0.541. The van der Waals surface area contributed by atoms with Crippen LogP contribution in [0.4, 0.5) is 0 Å². The number of hydrogen-bond acceptors (Lipinski definition) is 4. The summed E-state index contributed by atoms with van der Waals surface area (Å²) in [5.41, 5.74) is 5.47. The van der Waals surface area contributed by atoms with Crippen LogP contribution in [0.3, 0.4) is 0 Å². The molecule has 5 nitrogen and oxygen atoms in total. The maximum absolute atomic E-state index is 11.1. The summed E-state index contributed by atoms with van der Waals surface area (Å²) in [5, 5.41) is 9.16. The van der Waals surface area contributed by atoms with E-state index >= 15 is 0 Å². The summed E-state index contributed by atoms with van der Waals surface area (Å²) in [6, 6.07) is -0.402. The molecular formula is C12H25N3O2. The van der Waals surface area contributed by atoms with E-state index < -0.39 is 12.0 Å². The molecule has 1 unspecified atom stereocenters. The van der Waals surface area contributed by atoms with Crippen molar-refractivity contribution in [2.75, 3.05) is 39.3 Å². The fourth-order valence-electron chi connectivity index (χ4n) is 2.39. The van der Waals surface area contributed by atoms with Crippen molar-refractivity contribution in [1.82, 2.24) is 9.80 Å². The molecule has 1 saturated heterocycles. The van der Waals surface area contributed by atoms with Crippen molar-refractivity contribution in [3.05, 3.63) is 0 Å². The number of rotatable bonds is 6. The summed E-state index contributed by atoms with van der Waals surface area (Å²) < 4.78 is 0. The molecule has 0 aromatic carbocycles. The van der Waals surface area contributed by atoms with Gasteiger partial charge in [0.1, 0.15) is 6.04 Å². The van der Waals surface area contributed by atoms with E-state index in [-0.39, 0.29) is 0 Å². The molecule has 1 heterocycles. The Bertz CT molecular complexity index is 238. The topological polar surface area (TPSA) is 69.8 Å². The van der Waals surface area contributed by atoms with Crippen LogP contribution in [-0.2, 0) is 4.79 Å². The summed E-state index contributed by atoms with van der Waals surface area (Å²) in [7, 11) is 0. The van der Waals surface area contributed by atoms with Crippen LogP contribution in [0.5, 0.6) is 0 Å². The van der Waals surface area contributed by atoms with Gasteiger partial charge in [-0.15, -0.1) is 0 Å². The lowest BCUT2D eigenvalue weighted by Gasteiger charge is -2.38. The van der Waals surface area contributed by atoms with Crippen LogP contribution >= 0.6 is 0 Å². The fraction of sp³-hybridized carbons (Fsp3) is 0.917. The van der Waals surface area contributed by atoms with Gasteiger partial charge >= 0.3 is 5.97 Å². The van der Waals surface area contributed by atoms with Gasteiger partial charge in [-0.2, -0.15) is 0 Å². The normalized spacial score (nSPS) is 20.7. The minimum Gasteiger partial charge on any atom is -0.480 e. The largest absolute Gasteiger partial charge is 0.480 e. The van der Waals surface area contributed by atoms with Gasteiger partial charge < -0.3 is 15.7 Å². The molecule has 1 atom stereocenters.